The molecule has 4 rings (SSSR count). The molecule has 0 saturated heterocycles. The summed E-state index contributed by atoms with van der Waals surface area (Å²) in [5, 5.41) is 33.7. The van der Waals surface area contributed by atoms with Gasteiger partial charge in [0.15, 0.2) is 0 Å². The number of carbonyl (C=O) groups excluding carboxylic acids is 1. The highest BCUT2D eigenvalue weighted by atomic mass is 31.0. The number of hydrogen-bond acceptors (Lipinski definition) is 7. The van der Waals surface area contributed by atoms with Crippen molar-refractivity contribution in [3.05, 3.63) is 76.6 Å². The topological polar surface area (TPSA) is 117 Å². The standard InChI is InChI=1S/C29H30F3N4O4P/c1-15-10-18-11-19(12-23(40-5)24(18)36-35-15)26(37)33-14-28(39,29(30,31)32)25-16(2)21(27(3,4)38)13-22(34-25)17-6-8-20(41)9-7-17/h6-13,38-39H,14,41H2,1-5H3,(H,33,37)/t28-/m1/s1. The Hall–Kier alpha value is -3.66. The zero-order valence-electron chi connectivity index (χ0n) is 23.1. The van der Waals surface area contributed by atoms with Crippen molar-refractivity contribution in [2.24, 2.45) is 0 Å². The van der Waals surface area contributed by atoms with Crippen LogP contribution >= 0.6 is 9.24 Å². The summed E-state index contributed by atoms with van der Waals surface area (Å²) in [6.45, 7) is 4.68. The van der Waals surface area contributed by atoms with E-state index in [2.05, 4.69) is 29.7 Å². The van der Waals surface area contributed by atoms with Crippen molar-refractivity contribution in [3.63, 3.8) is 0 Å². The third-order valence-corrected chi connectivity index (χ3v) is 7.15. The maximum absolute atomic E-state index is 14.7. The fraction of sp³-hybridized carbons (Fsp3) is 0.310. The van der Waals surface area contributed by atoms with Crippen molar-refractivity contribution in [1.82, 2.24) is 20.5 Å². The van der Waals surface area contributed by atoms with E-state index in [1.54, 1.807) is 37.3 Å². The molecular weight excluding hydrogens is 556 g/mol. The Kier molecular flexibility index (Phi) is 8.10. The van der Waals surface area contributed by atoms with Crippen LogP contribution in [0.4, 0.5) is 13.2 Å². The molecule has 3 N–H and O–H groups in total. The van der Waals surface area contributed by atoms with Gasteiger partial charge in [0.1, 0.15) is 11.3 Å². The molecule has 0 aliphatic carbocycles. The number of ether oxygens (including phenoxy) is 1. The Morgan fingerprint density at radius 3 is 2.27 bits per heavy atom. The average molecular weight is 587 g/mol. The van der Waals surface area contributed by atoms with Crippen LogP contribution in [0.2, 0.25) is 0 Å². The molecule has 0 aliphatic heterocycles. The second-order valence-corrected chi connectivity index (χ2v) is 11.0. The summed E-state index contributed by atoms with van der Waals surface area (Å²) in [6, 6.07) is 12.8. The van der Waals surface area contributed by atoms with Gasteiger partial charge in [0, 0.05) is 16.5 Å². The molecule has 0 bridgehead atoms. The van der Waals surface area contributed by atoms with Crippen LogP contribution in [-0.4, -0.2) is 51.1 Å². The maximum Gasteiger partial charge on any atom is 0.424 e. The summed E-state index contributed by atoms with van der Waals surface area (Å²) >= 11 is 0. The molecule has 0 fully saturated rings. The van der Waals surface area contributed by atoms with Crippen LogP contribution < -0.4 is 15.4 Å². The zero-order valence-corrected chi connectivity index (χ0v) is 24.2. The average Bonchev–Trinajstić information content (AvgIpc) is 2.89. The minimum atomic E-state index is -5.24. The van der Waals surface area contributed by atoms with Gasteiger partial charge in [-0.2, -0.15) is 18.3 Å². The van der Waals surface area contributed by atoms with Crippen molar-refractivity contribution in [1.29, 1.82) is 0 Å². The van der Waals surface area contributed by atoms with Gasteiger partial charge in [0.25, 0.3) is 5.91 Å². The number of benzene rings is 2. The molecule has 216 valence electrons. The number of nitrogens with one attached hydrogen (secondary N) is 1. The zero-order chi connectivity index (χ0) is 30.3. The summed E-state index contributed by atoms with van der Waals surface area (Å²) in [7, 11) is 3.88. The number of halogens is 3. The van der Waals surface area contributed by atoms with Crippen LogP contribution in [0.3, 0.4) is 0 Å². The maximum atomic E-state index is 14.7. The van der Waals surface area contributed by atoms with Crippen LogP contribution in [0.25, 0.3) is 22.2 Å². The third kappa shape index (κ3) is 6.02. The second-order valence-electron chi connectivity index (χ2n) is 10.4. The van der Waals surface area contributed by atoms with E-state index in [0.29, 0.717) is 22.2 Å². The predicted octanol–water partition coefficient (Wildman–Crippen LogP) is 4.22. The number of carbonyl (C=O) groups is 1. The first-order valence-corrected chi connectivity index (χ1v) is 13.1. The van der Waals surface area contributed by atoms with Crippen LogP contribution in [0.15, 0.2) is 48.5 Å². The van der Waals surface area contributed by atoms with E-state index in [1.165, 1.54) is 46.1 Å². The van der Waals surface area contributed by atoms with Gasteiger partial charge in [0.2, 0.25) is 5.60 Å². The minimum Gasteiger partial charge on any atom is -0.494 e. The lowest BCUT2D eigenvalue weighted by molar-refractivity contribution is -0.265. The molecule has 0 saturated carbocycles. The molecule has 12 heteroatoms. The normalized spacial score (nSPS) is 13.6. The molecule has 0 spiro atoms. The van der Waals surface area contributed by atoms with E-state index in [9.17, 15) is 28.2 Å². The molecule has 8 nitrogen and oxygen atoms in total. The summed E-state index contributed by atoms with van der Waals surface area (Å²) < 4.78 is 49.3. The lowest BCUT2D eigenvalue weighted by Gasteiger charge is -2.33. The van der Waals surface area contributed by atoms with Crippen LogP contribution in [0, 0.1) is 13.8 Å². The van der Waals surface area contributed by atoms with Crippen molar-refractivity contribution >= 4 is 31.4 Å². The molecule has 41 heavy (non-hydrogen) atoms. The SMILES string of the molecule is COc1cc(C(=O)NC[C@@](O)(c2nc(-c3ccc(P)cc3)cc(C(C)(C)O)c2C)C(F)(F)F)cc2cc(C)nnc12. The largest absolute Gasteiger partial charge is 0.494 e. The van der Waals surface area contributed by atoms with E-state index >= 15 is 0 Å². The number of methoxy groups -OCH3 is 1. The van der Waals surface area contributed by atoms with E-state index < -0.39 is 35.5 Å². The molecular formula is C29H30F3N4O4P. The number of nitrogens with zero attached hydrogens (tertiary/aromatic N) is 3. The summed E-state index contributed by atoms with van der Waals surface area (Å²) in [4.78, 5) is 17.4. The second kappa shape index (κ2) is 11.0. The van der Waals surface area contributed by atoms with Gasteiger partial charge in [-0.25, -0.2) is 4.98 Å². The van der Waals surface area contributed by atoms with Gasteiger partial charge in [-0.15, -0.1) is 14.3 Å². The number of pyridine rings is 1. The minimum absolute atomic E-state index is 0.000544. The number of alkyl halides is 3. The smallest absolute Gasteiger partial charge is 0.424 e. The molecule has 1 amide bonds. The molecule has 2 aromatic heterocycles. The molecule has 2 atom stereocenters. The van der Waals surface area contributed by atoms with E-state index in [1.807, 2.05) is 0 Å². The first-order chi connectivity index (χ1) is 19.0. The molecule has 2 aromatic carbocycles. The Labute approximate surface area is 237 Å². The van der Waals surface area contributed by atoms with Gasteiger partial charge < -0.3 is 20.3 Å². The van der Waals surface area contributed by atoms with Crippen LogP contribution in [0.5, 0.6) is 5.75 Å². The number of aromatic nitrogens is 3. The van der Waals surface area contributed by atoms with Gasteiger partial charge in [-0.1, -0.05) is 24.3 Å². The van der Waals surface area contributed by atoms with Crippen LogP contribution in [0.1, 0.15) is 46.7 Å². The molecule has 0 aliphatic rings. The van der Waals surface area contributed by atoms with Crippen molar-refractivity contribution in [3.8, 4) is 17.0 Å². The molecule has 2 heterocycles. The van der Waals surface area contributed by atoms with E-state index in [-0.39, 0.29) is 28.1 Å². The van der Waals surface area contributed by atoms with Gasteiger partial charge in [-0.3, -0.25) is 4.79 Å². The highest BCUT2D eigenvalue weighted by Gasteiger charge is 2.57. The van der Waals surface area contributed by atoms with Crippen LogP contribution in [-0.2, 0) is 11.2 Å². The highest BCUT2D eigenvalue weighted by Crippen LogP contribution is 2.42. The number of aliphatic hydroxyl groups is 2. The lowest BCUT2D eigenvalue weighted by Crippen LogP contribution is -2.52. The van der Waals surface area contributed by atoms with E-state index in [4.69, 9.17) is 4.74 Å². The highest BCUT2D eigenvalue weighted by molar-refractivity contribution is 7.27. The van der Waals surface area contributed by atoms with Gasteiger partial charge in [0.05, 0.1) is 36.3 Å². The summed E-state index contributed by atoms with van der Waals surface area (Å²) in [6.07, 6.45) is -5.24. The number of fused-ring (bicyclic) bond motifs is 1. The Morgan fingerprint density at radius 2 is 1.68 bits per heavy atom. The van der Waals surface area contributed by atoms with Crippen molar-refractivity contribution < 1.29 is 32.9 Å². The van der Waals surface area contributed by atoms with Crippen molar-refractivity contribution in [2.75, 3.05) is 13.7 Å². The molecule has 4 aromatic rings. The van der Waals surface area contributed by atoms with Gasteiger partial charge in [-0.05, 0) is 68.4 Å². The van der Waals surface area contributed by atoms with Gasteiger partial charge >= 0.3 is 6.18 Å². The molecule has 1 unspecified atom stereocenters. The number of hydrogen-bond donors (Lipinski definition) is 3. The lowest BCUT2D eigenvalue weighted by atomic mass is 9.86. The fourth-order valence-electron chi connectivity index (χ4n) is 4.59. The first-order valence-electron chi connectivity index (χ1n) is 12.6. The Bertz CT molecular complexity index is 1620. The number of aryl methyl sites for hydroxylation is 1. The monoisotopic (exact) mass is 586 g/mol. The Morgan fingerprint density at radius 1 is 1.02 bits per heavy atom. The van der Waals surface area contributed by atoms with E-state index in [0.717, 1.165) is 5.30 Å². The quantitative estimate of drug-likeness (QED) is 0.278. The first kappa shape index (κ1) is 30.3. The fourth-order valence-corrected chi connectivity index (χ4v) is 4.79. The Balaban J connectivity index is 1.80. The summed E-state index contributed by atoms with van der Waals surface area (Å²) in [5.41, 5.74) is -4.22. The van der Waals surface area contributed by atoms with Crippen molar-refractivity contribution in [2.45, 2.75) is 45.1 Å². The molecule has 0 radical (unpaired) electrons. The summed E-state index contributed by atoms with van der Waals surface area (Å²) in [5.74, 6) is -0.669. The number of rotatable bonds is 7. The predicted molar refractivity (Wildman–Crippen MR) is 152 cm³/mol. The number of amides is 1. The third-order valence-electron chi connectivity index (χ3n) is 6.76.